The van der Waals surface area contributed by atoms with Crippen molar-refractivity contribution in [3.63, 3.8) is 0 Å². The summed E-state index contributed by atoms with van der Waals surface area (Å²) in [6.07, 6.45) is 1.02. The van der Waals surface area contributed by atoms with Crippen LogP contribution in [-0.2, 0) is 10.8 Å². The van der Waals surface area contributed by atoms with Crippen LogP contribution in [0.25, 0.3) is 16.7 Å². The second kappa shape index (κ2) is 8.55. The highest BCUT2D eigenvalue weighted by Crippen LogP contribution is 2.45. The third-order valence-corrected chi connectivity index (χ3v) is 6.61. The maximum atomic E-state index is 5.95. The van der Waals surface area contributed by atoms with E-state index in [2.05, 4.69) is 84.9 Å². The van der Waals surface area contributed by atoms with E-state index >= 15 is 0 Å². The molecule has 5 heteroatoms. The van der Waals surface area contributed by atoms with Crippen LogP contribution < -0.4 is 10.7 Å². The topological polar surface area (TPSA) is 66.0 Å². The van der Waals surface area contributed by atoms with Crippen molar-refractivity contribution < 1.29 is 4.84 Å². The first-order valence-electron chi connectivity index (χ1n) is 11.9. The van der Waals surface area contributed by atoms with Crippen LogP contribution in [0.15, 0.2) is 66.7 Å². The number of benzene rings is 3. The zero-order valence-electron chi connectivity index (χ0n) is 21.4. The van der Waals surface area contributed by atoms with Gasteiger partial charge < -0.3 is 4.84 Å². The van der Waals surface area contributed by atoms with Crippen molar-refractivity contribution in [3.8, 4) is 11.4 Å². The lowest BCUT2D eigenvalue weighted by molar-refractivity contribution is 0.283. The molecule has 1 heterocycles. The van der Waals surface area contributed by atoms with Crippen LogP contribution in [0.3, 0.4) is 0 Å². The Hall–Kier alpha value is -3.18. The van der Waals surface area contributed by atoms with Crippen molar-refractivity contribution in [2.45, 2.75) is 65.7 Å². The predicted octanol–water partition coefficient (Wildman–Crippen LogP) is 6.71. The van der Waals surface area contributed by atoms with Gasteiger partial charge in [0.2, 0.25) is 0 Å². The lowest BCUT2D eigenvalue weighted by atomic mass is 9.70. The maximum Gasteiger partial charge on any atom is 0.178 e. The van der Waals surface area contributed by atoms with Crippen LogP contribution in [0, 0.1) is 5.41 Å². The molecule has 0 aliphatic heterocycles. The molecule has 0 fully saturated rings. The van der Waals surface area contributed by atoms with Crippen LogP contribution in [0.1, 0.15) is 71.6 Å². The van der Waals surface area contributed by atoms with E-state index in [9.17, 15) is 0 Å². The summed E-state index contributed by atoms with van der Waals surface area (Å²) < 4.78 is 0. The third-order valence-electron chi connectivity index (χ3n) is 6.61. The number of fused-ring (bicyclic) bond motifs is 1. The summed E-state index contributed by atoms with van der Waals surface area (Å²) in [7, 11) is 0. The van der Waals surface area contributed by atoms with Crippen LogP contribution in [0.2, 0.25) is 0 Å². The van der Waals surface area contributed by atoms with Gasteiger partial charge in [-0.25, -0.2) is 0 Å². The SMILES string of the molecule is CC(C)(C)CC(C)(C)c1cc(-n2nc3ccccc3n2)c(ON)c(C(C)(C)c2ccccc2)c1. The zero-order chi connectivity index (χ0) is 24.7. The van der Waals surface area contributed by atoms with Gasteiger partial charge in [-0.3, -0.25) is 0 Å². The van der Waals surface area contributed by atoms with Crippen LogP contribution >= 0.6 is 0 Å². The average Bonchev–Trinajstić information content (AvgIpc) is 3.21. The van der Waals surface area contributed by atoms with Crippen molar-refractivity contribution in [1.82, 2.24) is 15.0 Å². The Bertz CT molecular complexity index is 1260. The Labute approximate surface area is 202 Å². The van der Waals surface area contributed by atoms with Crippen LogP contribution in [0.4, 0.5) is 0 Å². The van der Waals surface area contributed by atoms with Crippen molar-refractivity contribution in [2.24, 2.45) is 11.3 Å². The Morgan fingerprint density at radius 2 is 1.32 bits per heavy atom. The van der Waals surface area contributed by atoms with Gasteiger partial charge >= 0.3 is 0 Å². The molecular formula is C29H36N4O. The number of nitrogens with two attached hydrogens (primary N) is 1. The smallest absolute Gasteiger partial charge is 0.178 e. The molecule has 0 aliphatic rings. The van der Waals surface area contributed by atoms with Gasteiger partial charge in [0.05, 0.1) is 0 Å². The fourth-order valence-electron chi connectivity index (χ4n) is 5.15. The van der Waals surface area contributed by atoms with Gasteiger partial charge in [0.25, 0.3) is 0 Å². The molecule has 34 heavy (non-hydrogen) atoms. The molecule has 0 amide bonds. The first-order chi connectivity index (χ1) is 15.9. The van der Waals surface area contributed by atoms with E-state index in [1.54, 1.807) is 4.80 Å². The zero-order valence-corrected chi connectivity index (χ0v) is 21.4. The number of hydrogen-bond acceptors (Lipinski definition) is 4. The van der Waals surface area contributed by atoms with E-state index in [1.165, 1.54) is 11.1 Å². The van der Waals surface area contributed by atoms with E-state index in [0.717, 1.165) is 28.7 Å². The van der Waals surface area contributed by atoms with Gasteiger partial charge in [0.1, 0.15) is 16.7 Å². The van der Waals surface area contributed by atoms with Crippen LogP contribution in [-0.4, -0.2) is 15.0 Å². The molecule has 0 unspecified atom stereocenters. The minimum atomic E-state index is -0.356. The average molecular weight is 457 g/mol. The highest BCUT2D eigenvalue weighted by molar-refractivity contribution is 5.74. The second-order valence-corrected chi connectivity index (χ2v) is 11.6. The summed E-state index contributed by atoms with van der Waals surface area (Å²) in [5.41, 5.74) is 5.53. The number of hydrogen-bond donors (Lipinski definition) is 1. The summed E-state index contributed by atoms with van der Waals surface area (Å²) >= 11 is 0. The van der Waals surface area contributed by atoms with Crippen molar-refractivity contribution in [1.29, 1.82) is 0 Å². The van der Waals surface area contributed by atoms with Gasteiger partial charge in [-0.15, -0.1) is 15.0 Å². The maximum absolute atomic E-state index is 5.95. The summed E-state index contributed by atoms with van der Waals surface area (Å²) in [4.78, 5) is 7.26. The highest BCUT2D eigenvalue weighted by Gasteiger charge is 2.34. The molecule has 0 saturated heterocycles. The van der Waals surface area contributed by atoms with Crippen LogP contribution in [0.5, 0.6) is 5.75 Å². The van der Waals surface area contributed by atoms with E-state index < -0.39 is 0 Å². The van der Waals surface area contributed by atoms with E-state index in [1.807, 2.05) is 30.3 Å². The van der Waals surface area contributed by atoms with Crippen molar-refractivity contribution >= 4 is 11.0 Å². The van der Waals surface area contributed by atoms with E-state index in [0.29, 0.717) is 5.75 Å². The molecule has 0 radical (unpaired) electrons. The van der Waals surface area contributed by atoms with Gasteiger partial charge in [0, 0.05) is 11.0 Å². The van der Waals surface area contributed by atoms with Crippen molar-refractivity contribution in [3.05, 3.63) is 83.4 Å². The Kier molecular flexibility index (Phi) is 6.03. The molecule has 0 spiro atoms. The standard InChI is InChI=1S/C29H36N4O/c1-27(2,3)19-28(4,5)21-17-22(29(6,7)20-13-9-8-10-14-20)26(34-30)25(18-21)33-31-23-15-11-12-16-24(23)32-33/h8-18H,19,30H2,1-7H3. The Morgan fingerprint density at radius 1 is 0.765 bits per heavy atom. The largest absolute Gasteiger partial charge is 0.409 e. The molecule has 178 valence electrons. The first kappa shape index (κ1) is 24.0. The monoisotopic (exact) mass is 456 g/mol. The lowest BCUT2D eigenvalue weighted by Gasteiger charge is -2.35. The van der Waals surface area contributed by atoms with Gasteiger partial charge in [-0.1, -0.05) is 97.0 Å². The molecule has 2 N–H and O–H groups in total. The minimum Gasteiger partial charge on any atom is -0.409 e. The van der Waals surface area contributed by atoms with Gasteiger partial charge in [-0.2, -0.15) is 5.90 Å². The van der Waals surface area contributed by atoms with Gasteiger partial charge in [0.15, 0.2) is 5.75 Å². The van der Waals surface area contributed by atoms with E-state index in [4.69, 9.17) is 20.9 Å². The molecule has 0 saturated carbocycles. The Balaban J connectivity index is 2.01. The summed E-state index contributed by atoms with van der Waals surface area (Å²) in [6.45, 7) is 15.9. The predicted molar refractivity (Wildman–Crippen MR) is 139 cm³/mol. The minimum absolute atomic E-state index is 0.0891. The fourth-order valence-corrected chi connectivity index (χ4v) is 5.15. The molecule has 5 nitrogen and oxygen atoms in total. The Morgan fingerprint density at radius 3 is 1.85 bits per heavy atom. The molecule has 3 aromatic carbocycles. The van der Waals surface area contributed by atoms with E-state index in [-0.39, 0.29) is 16.2 Å². The third kappa shape index (κ3) is 4.58. The summed E-state index contributed by atoms with van der Waals surface area (Å²) in [5.74, 6) is 6.54. The second-order valence-electron chi connectivity index (χ2n) is 11.6. The molecule has 0 aliphatic carbocycles. The molecular weight excluding hydrogens is 420 g/mol. The number of aromatic nitrogens is 3. The fraction of sp³-hybridized carbons (Fsp3) is 0.379. The van der Waals surface area contributed by atoms with Gasteiger partial charge in [-0.05, 0) is 46.6 Å². The molecule has 0 atom stereocenters. The highest BCUT2D eigenvalue weighted by atomic mass is 16.6. The summed E-state index contributed by atoms with van der Waals surface area (Å²) in [5, 5.41) is 9.51. The normalized spacial score (nSPS) is 12.8. The number of rotatable bonds is 6. The van der Waals surface area contributed by atoms with Crippen molar-refractivity contribution in [2.75, 3.05) is 0 Å². The summed E-state index contributed by atoms with van der Waals surface area (Å²) in [6, 6.07) is 22.7. The lowest BCUT2D eigenvalue weighted by Crippen LogP contribution is -2.28. The molecule has 4 aromatic rings. The quantitative estimate of drug-likeness (QED) is 0.327. The number of nitrogens with zero attached hydrogens (tertiary/aromatic N) is 3. The molecule has 0 bridgehead atoms. The first-order valence-corrected chi connectivity index (χ1v) is 11.9. The molecule has 1 aromatic heterocycles. The molecule has 4 rings (SSSR count).